The van der Waals surface area contributed by atoms with E-state index in [9.17, 15) is 9.90 Å². The number of halogens is 1. The number of rotatable bonds is 4. The van der Waals surface area contributed by atoms with Crippen molar-refractivity contribution in [3.8, 4) is 0 Å². The van der Waals surface area contributed by atoms with Crippen LogP contribution in [0.4, 0.5) is 0 Å². The van der Waals surface area contributed by atoms with Crippen LogP contribution in [0.25, 0.3) is 10.1 Å². The molecule has 0 radical (unpaired) electrons. The molecule has 0 spiro atoms. The molecule has 0 bridgehead atoms. The van der Waals surface area contributed by atoms with Gasteiger partial charge >= 0.3 is 0 Å². The largest absolute Gasteiger partial charge is 0.372 e. The minimum atomic E-state index is -1.12. The smallest absolute Gasteiger partial charge is 0.263 e. The zero-order chi connectivity index (χ0) is 19.0. The Kier molecular flexibility index (Phi) is 5.16. The summed E-state index contributed by atoms with van der Waals surface area (Å²) >= 11 is 7.83. The Morgan fingerprint density at radius 2 is 2.07 bits per heavy atom. The van der Waals surface area contributed by atoms with Crippen LogP contribution in [0.3, 0.4) is 0 Å². The van der Waals surface area contributed by atoms with Crippen LogP contribution in [0.2, 0.25) is 5.02 Å². The van der Waals surface area contributed by atoms with Crippen molar-refractivity contribution in [1.29, 1.82) is 0 Å². The summed E-state index contributed by atoms with van der Waals surface area (Å²) in [6, 6.07) is 13.1. The Balaban J connectivity index is 1.60. The summed E-state index contributed by atoms with van der Waals surface area (Å²) in [5, 5.41) is 23.2. The highest BCUT2D eigenvalue weighted by Crippen LogP contribution is 2.36. The van der Waals surface area contributed by atoms with Crippen molar-refractivity contribution in [2.45, 2.75) is 31.5 Å². The number of fused-ring (bicyclic) bond motifs is 2. The number of thiophene rings is 1. The standard InChI is InChI=1S/C20H19ClN2O3S/c21-17-14-5-1-2-7-16(14)27-18(17)20(25)22-15-6-3-4-11-10-12(19(24)23-26)8-9-13(11)15/h1-2,5,7-10,15,19,23-24,26H,3-4,6H2,(H,22,25). The number of aliphatic hydroxyl groups excluding tert-OH is 1. The van der Waals surface area contributed by atoms with Crippen molar-refractivity contribution in [3.63, 3.8) is 0 Å². The molecule has 7 heteroatoms. The van der Waals surface area contributed by atoms with E-state index in [0.29, 0.717) is 15.5 Å². The van der Waals surface area contributed by atoms with Crippen LogP contribution in [0, 0.1) is 0 Å². The average molecular weight is 403 g/mol. The number of aryl methyl sites for hydroxylation is 1. The van der Waals surface area contributed by atoms with Gasteiger partial charge in [0.25, 0.3) is 5.91 Å². The van der Waals surface area contributed by atoms with Crippen LogP contribution < -0.4 is 10.8 Å². The van der Waals surface area contributed by atoms with Crippen molar-refractivity contribution >= 4 is 38.9 Å². The predicted molar refractivity (Wildman–Crippen MR) is 106 cm³/mol. The molecule has 2 atom stereocenters. The molecule has 1 aliphatic rings. The van der Waals surface area contributed by atoms with Crippen LogP contribution in [0.15, 0.2) is 42.5 Å². The van der Waals surface area contributed by atoms with Crippen LogP contribution in [0.1, 0.15) is 51.5 Å². The monoisotopic (exact) mass is 402 g/mol. The summed E-state index contributed by atoms with van der Waals surface area (Å²) in [7, 11) is 0. The van der Waals surface area contributed by atoms with Gasteiger partial charge in [-0.2, -0.15) is 5.48 Å². The first kappa shape index (κ1) is 18.4. The van der Waals surface area contributed by atoms with Crippen molar-refractivity contribution < 1.29 is 15.1 Å². The Hall–Kier alpha value is -1.96. The van der Waals surface area contributed by atoms with E-state index in [1.807, 2.05) is 41.9 Å². The van der Waals surface area contributed by atoms with Crippen molar-refractivity contribution in [1.82, 2.24) is 10.8 Å². The first-order valence-electron chi connectivity index (χ1n) is 8.77. The summed E-state index contributed by atoms with van der Waals surface area (Å²) in [6.45, 7) is 0. The van der Waals surface area contributed by atoms with E-state index >= 15 is 0 Å². The van der Waals surface area contributed by atoms with Gasteiger partial charge in [-0.15, -0.1) is 11.3 Å². The highest BCUT2D eigenvalue weighted by Gasteiger charge is 2.25. The highest BCUT2D eigenvalue weighted by atomic mass is 35.5. The third kappa shape index (κ3) is 3.47. The molecular formula is C20H19ClN2O3S. The number of hydrogen-bond donors (Lipinski definition) is 4. The fourth-order valence-electron chi connectivity index (χ4n) is 3.61. The van der Waals surface area contributed by atoms with Gasteiger partial charge in [0.1, 0.15) is 4.88 Å². The maximum Gasteiger partial charge on any atom is 0.263 e. The first-order valence-corrected chi connectivity index (χ1v) is 9.96. The second-order valence-corrected chi connectivity index (χ2v) is 8.08. The molecular weight excluding hydrogens is 384 g/mol. The fourth-order valence-corrected chi connectivity index (χ4v) is 5.03. The molecule has 1 aromatic heterocycles. The number of hydrogen-bond acceptors (Lipinski definition) is 5. The normalized spacial score (nSPS) is 17.5. The Morgan fingerprint density at radius 1 is 1.26 bits per heavy atom. The fraction of sp³-hybridized carbons (Fsp3) is 0.250. The van der Waals surface area contributed by atoms with E-state index < -0.39 is 6.23 Å². The summed E-state index contributed by atoms with van der Waals surface area (Å²) in [4.78, 5) is 13.4. The minimum absolute atomic E-state index is 0.101. The minimum Gasteiger partial charge on any atom is -0.372 e. The van der Waals surface area contributed by atoms with Gasteiger partial charge in [0, 0.05) is 10.1 Å². The lowest BCUT2D eigenvalue weighted by atomic mass is 9.86. The van der Waals surface area contributed by atoms with Crippen LogP contribution in [0.5, 0.6) is 0 Å². The molecule has 1 aliphatic carbocycles. The van der Waals surface area contributed by atoms with Gasteiger partial charge in [0.15, 0.2) is 6.23 Å². The lowest BCUT2D eigenvalue weighted by molar-refractivity contribution is 0.000634. The van der Waals surface area contributed by atoms with Crippen LogP contribution in [-0.2, 0) is 6.42 Å². The molecule has 0 saturated heterocycles. The second-order valence-electron chi connectivity index (χ2n) is 6.65. The van der Waals surface area contributed by atoms with Gasteiger partial charge in [-0.3, -0.25) is 4.79 Å². The van der Waals surface area contributed by atoms with Gasteiger partial charge in [-0.05, 0) is 42.0 Å². The number of amides is 1. The molecule has 140 valence electrons. The number of nitrogens with one attached hydrogen (secondary N) is 2. The third-order valence-electron chi connectivity index (χ3n) is 4.97. The topological polar surface area (TPSA) is 81.6 Å². The van der Waals surface area contributed by atoms with Gasteiger partial charge in [0.2, 0.25) is 0 Å². The molecule has 0 aliphatic heterocycles. The van der Waals surface area contributed by atoms with Gasteiger partial charge in [-0.25, -0.2) is 0 Å². The predicted octanol–water partition coefficient (Wildman–Crippen LogP) is 4.33. The lowest BCUT2D eigenvalue weighted by Crippen LogP contribution is -2.30. The first-order chi connectivity index (χ1) is 13.1. The molecule has 4 N–H and O–H groups in total. The number of benzene rings is 2. The molecule has 1 heterocycles. The zero-order valence-corrected chi connectivity index (χ0v) is 16.0. The molecule has 0 fully saturated rings. The summed E-state index contributed by atoms with van der Waals surface area (Å²) in [5.41, 5.74) is 4.55. The molecule has 4 rings (SSSR count). The number of carbonyl (C=O) groups excluding carboxylic acids is 1. The Bertz CT molecular complexity index is 1000. The third-order valence-corrected chi connectivity index (χ3v) is 6.64. The van der Waals surface area contributed by atoms with E-state index in [2.05, 4.69) is 5.32 Å². The SMILES string of the molecule is O=C(NC1CCCc2cc(C(O)NO)ccc21)c1sc2ccccc2c1Cl. The molecule has 2 unspecified atom stereocenters. The second kappa shape index (κ2) is 7.58. The molecule has 3 aromatic rings. The van der Waals surface area contributed by atoms with E-state index in [1.165, 1.54) is 11.3 Å². The van der Waals surface area contributed by atoms with Gasteiger partial charge in [-0.1, -0.05) is 48.0 Å². The maximum atomic E-state index is 12.9. The van der Waals surface area contributed by atoms with Gasteiger partial charge < -0.3 is 15.6 Å². The van der Waals surface area contributed by atoms with Gasteiger partial charge in [0.05, 0.1) is 11.1 Å². The zero-order valence-electron chi connectivity index (χ0n) is 14.4. The summed E-state index contributed by atoms with van der Waals surface area (Å²) in [6.07, 6.45) is 1.53. The number of aliphatic hydroxyl groups is 1. The van der Waals surface area contributed by atoms with E-state index in [-0.39, 0.29) is 11.9 Å². The van der Waals surface area contributed by atoms with E-state index in [4.69, 9.17) is 16.8 Å². The maximum absolute atomic E-state index is 12.9. The van der Waals surface area contributed by atoms with Crippen LogP contribution in [-0.4, -0.2) is 16.2 Å². The molecule has 27 heavy (non-hydrogen) atoms. The van der Waals surface area contributed by atoms with Crippen molar-refractivity contribution in [3.05, 3.63) is 69.1 Å². The average Bonchev–Trinajstić information content (AvgIpc) is 3.04. The van der Waals surface area contributed by atoms with Crippen molar-refractivity contribution in [2.75, 3.05) is 0 Å². The molecule has 5 nitrogen and oxygen atoms in total. The lowest BCUT2D eigenvalue weighted by Gasteiger charge is -2.27. The van der Waals surface area contributed by atoms with Crippen molar-refractivity contribution in [2.24, 2.45) is 0 Å². The van der Waals surface area contributed by atoms with Crippen LogP contribution >= 0.6 is 22.9 Å². The van der Waals surface area contributed by atoms with E-state index in [1.54, 1.807) is 6.07 Å². The summed E-state index contributed by atoms with van der Waals surface area (Å²) in [5.74, 6) is -0.166. The molecule has 0 saturated carbocycles. The highest BCUT2D eigenvalue weighted by molar-refractivity contribution is 7.21. The Morgan fingerprint density at radius 3 is 2.85 bits per heavy atom. The summed E-state index contributed by atoms with van der Waals surface area (Å²) < 4.78 is 0.992. The molecule has 1 amide bonds. The Labute approximate surface area is 165 Å². The quantitative estimate of drug-likeness (QED) is 0.386. The number of carbonyl (C=O) groups is 1. The van der Waals surface area contributed by atoms with E-state index in [0.717, 1.165) is 40.5 Å². The number of hydroxylamine groups is 1. The molecule has 2 aromatic carbocycles.